The number of aliphatic hydroxyl groups excluding tert-OH is 3. The molecule has 0 heterocycles. The first kappa shape index (κ1) is 13.0. The van der Waals surface area contributed by atoms with Crippen LogP contribution in [0.15, 0.2) is 0 Å². The summed E-state index contributed by atoms with van der Waals surface area (Å²) >= 11 is 0. The quantitative estimate of drug-likeness (QED) is 0.363. The van der Waals surface area contributed by atoms with E-state index in [2.05, 4.69) is 4.74 Å². The first-order chi connectivity index (χ1) is 6.40. The van der Waals surface area contributed by atoms with Crippen LogP contribution in [0.3, 0.4) is 0 Å². The molecule has 0 aromatic heterocycles. The van der Waals surface area contributed by atoms with E-state index in [0.717, 1.165) is 6.92 Å². The fourth-order valence-electron chi connectivity index (χ4n) is 0.849. The normalized spacial score (nSPS) is 19.2. The van der Waals surface area contributed by atoms with Crippen molar-refractivity contribution < 1.29 is 29.6 Å². The van der Waals surface area contributed by atoms with Gasteiger partial charge in [-0.25, -0.2) is 0 Å². The summed E-state index contributed by atoms with van der Waals surface area (Å²) in [6.45, 7) is 2.31. The second-order valence-electron chi connectivity index (χ2n) is 2.93. The van der Waals surface area contributed by atoms with Crippen molar-refractivity contribution in [3.8, 4) is 0 Å². The van der Waals surface area contributed by atoms with E-state index in [1.165, 1.54) is 6.92 Å². The van der Waals surface area contributed by atoms with Gasteiger partial charge in [-0.2, -0.15) is 0 Å². The summed E-state index contributed by atoms with van der Waals surface area (Å²) in [5.41, 5.74) is 0. The number of carbonyl (C=O) groups is 2. The number of aliphatic hydroxyl groups is 3. The molecule has 3 N–H and O–H groups in total. The molecule has 0 bridgehead atoms. The smallest absolute Gasteiger partial charge is 0.303 e. The predicted molar refractivity (Wildman–Crippen MR) is 45.3 cm³/mol. The summed E-state index contributed by atoms with van der Waals surface area (Å²) in [4.78, 5) is 20.9. The average molecular weight is 206 g/mol. The van der Waals surface area contributed by atoms with Gasteiger partial charge in [-0.1, -0.05) is 0 Å². The molecule has 0 aliphatic heterocycles. The molecular weight excluding hydrogens is 192 g/mol. The minimum atomic E-state index is -1.63. The summed E-state index contributed by atoms with van der Waals surface area (Å²) < 4.78 is 4.40. The van der Waals surface area contributed by atoms with Gasteiger partial charge in [0.25, 0.3) is 0 Å². The van der Waals surface area contributed by atoms with E-state index in [1.54, 1.807) is 0 Å². The number of hydrogen-bond acceptors (Lipinski definition) is 6. The van der Waals surface area contributed by atoms with Crippen molar-refractivity contribution in [1.29, 1.82) is 0 Å². The van der Waals surface area contributed by atoms with Crippen LogP contribution in [0.25, 0.3) is 0 Å². The van der Waals surface area contributed by atoms with Crippen LogP contribution in [0.2, 0.25) is 0 Å². The first-order valence-corrected chi connectivity index (χ1v) is 4.06. The molecule has 0 aromatic rings. The molecule has 0 rings (SSSR count). The molecule has 4 atom stereocenters. The van der Waals surface area contributed by atoms with Gasteiger partial charge in [0.15, 0.2) is 12.4 Å². The van der Waals surface area contributed by atoms with Gasteiger partial charge < -0.3 is 20.1 Å². The van der Waals surface area contributed by atoms with Gasteiger partial charge in [0, 0.05) is 6.92 Å². The summed E-state index contributed by atoms with van der Waals surface area (Å²) in [5, 5.41) is 27.3. The zero-order chi connectivity index (χ0) is 11.3. The number of hydrogen-bond donors (Lipinski definition) is 3. The lowest BCUT2D eigenvalue weighted by atomic mass is 10.1. The van der Waals surface area contributed by atoms with E-state index in [4.69, 9.17) is 10.2 Å². The second-order valence-corrected chi connectivity index (χ2v) is 2.93. The van der Waals surface area contributed by atoms with Gasteiger partial charge in [-0.15, -0.1) is 0 Å². The monoisotopic (exact) mass is 206 g/mol. The molecule has 82 valence electrons. The third kappa shape index (κ3) is 3.82. The van der Waals surface area contributed by atoms with Crippen LogP contribution in [0.5, 0.6) is 0 Å². The minimum Gasteiger partial charge on any atom is -0.452 e. The number of aldehydes is 1. The van der Waals surface area contributed by atoms with E-state index in [-0.39, 0.29) is 6.29 Å². The lowest BCUT2D eigenvalue weighted by Crippen LogP contribution is -2.45. The van der Waals surface area contributed by atoms with Crippen LogP contribution in [-0.4, -0.2) is 52.0 Å². The molecule has 0 unspecified atom stereocenters. The van der Waals surface area contributed by atoms with Crippen molar-refractivity contribution >= 4 is 12.3 Å². The summed E-state index contributed by atoms with van der Waals surface area (Å²) in [5.74, 6) is -0.751. The Labute approximate surface area is 81.1 Å². The van der Waals surface area contributed by atoms with Crippen molar-refractivity contribution in [2.45, 2.75) is 38.3 Å². The van der Waals surface area contributed by atoms with E-state index < -0.39 is 30.4 Å². The van der Waals surface area contributed by atoms with Crippen LogP contribution < -0.4 is 0 Å². The topological polar surface area (TPSA) is 104 Å². The zero-order valence-electron chi connectivity index (χ0n) is 7.95. The molecule has 14 heavy (non-hydrogen) atoms. The highest BCUT2D eigenvalue weighted by molar-refractivity contribution is 5.70. The number of carbonyl (C=O) groups excluding carboxylic acids is 2. The van der Waals surface area contributed by atoms with E-state index >= 15 is 0 Å². The number of esters is 1. The van der Waals surface area contributed by atoms with Crippen LogP contribution in [0, 0.1) is 0 Å². The molecule has 0 radical (unpaired) electrons. The van der Waals surface area contributed by atoms with Crippen LogP contribution in [0.4, 0.5) is 0 Å². The molecule has 0 saturated carbocycles. The largest absolute Gasteiger partial charge is 0.452 e. The maximum Gasteiger partial charge on any atom is 0.303 e. The van der Waals surface area contributed by atoms with E-state index in [1.807, 2.05) is 0 Å². The molecule has 0 amide bonds. The fraction of sp³-hybridized carbons (Fsp3) is 0.750. The maximum absolute atomic E-state index is 10.5. The number of ether oxygens (including phenoxy) is 1. The molecule has 0 aliphatic rings. The third-order valence-electron chi connectivity index (χ3n) is 1.62. The fourth-order valence-corrected chi connectivity index (χ4v) is 0.849. The van der Waals surface area contributed by atoms with Crippen molar-refractivity contribution in [2.24, 2.45) is 0 Å². The summed E-state index contributed by atoms with van der Waals surface area (Å²) in [6.07, 6.45) is -5.65. The van der Waals surface area contributed by atoms with E-state index in [9.17, 15) is 14.7 Å². The Morgan fingerprint density at radius 1 is 1.29 bits per heavy atom. The Kier molecular flexibility index (Phi) is 5.29. The Balaban J connectivity index is 4.36. The lowest BCUT2D eigenvalue weighted by molar-refractivity contribution is -0.164. The van der Waals surface area contributed by atoms with Crippen LogP contribution >= 0.6 is 0 Å². The molecule has 0 aromatic carbocycles. The van der Waals surface area contributed by atoms with Crippen molar-refractivity contribution in [3.63, 3.8) is 0 Å². The maximum atomic E-state index is 10.5. The highest BCUT2D eigenvalue weighted by Crippen LogP contribution is 2.06. The van der Waals surface area contributed by atoms with Crippen molar-refractivity contribution in [2.75, 3.05) is 0 Å². The van der Waals surface area contributed by atoms with Gasteiger partial charge in [-0.3, -0.25) is 9.59 Å². The SMILES string of the molecule is CC(=O)O[C@H](C=O)[C@@H](O)[C@@H](O)[C@@H](C)O. The summed E-state index contributed by atoms with van der Waals surface area (Å²) in [7, 11) is 0. The van der Waals surface area contributed by atoms with Gasteiger partial charge in [-0.05, 0) is 6.92 Å². The zero-order valence-corrected chi connectivity index (χ0v) is 7.95. The molecule has 0 saturated heterocycles. The Bertz CT molecular complexity index is 202. The Hall–Kier alpha value is -0.980. The Morgan fingerprint density at radius 3 is 2.07 bits per heavy atom. The molecule has 0 spiro atoms. The average Bonchev–Trinajstić information content (AvgIpc) is 2.11. The van der Waals surface area contributed by atoms with Gasteiger partial charge in [0.2, 0.25) is 0 Å². The van der Waals surface area contributed by atoms with Gasteiger partial charge >= 0.3 is 5.97 Å². The predicted octanol–water partition coefficient (Wildman–Crippen LogP) is -1.78. The van der Waals surface area contributed by atoms with Gasteiger partial charge in [0.1, 0.15) is 12.2 Å². The minimum absolute atomic E-state index is 0.192. The molecule has 6 heteroatoms. The second kappa shape index (κ2) is 5.69. The number of rotatable bonds is 5. The van der Waals surface area contributed by atoms with E-state index in [0.29, 0.717) is 0 Å². The third-order valence-corrected chi connectivity index (χ3v) is 1.62. The lowest BCUT2D eigenvalue weighted by Gasteiger charge is -2.24. The summed E-state index contributed by atoms with van der Waals surface area (Å²) in [6, 6.07) is 0. The molecule has 0 fully saturated rings. The first-order valence-electron chi connectivity index (χ1n) is 4.06. The van der Waals surface area contributed by atoms with Crippen LogP contribution in [-0.2, 0) is 14.3 Å². The highest BCUT2D eigenvalue weighted by Gasteiger charge is 2.31. The highest BCUT2D eigenvalue weighted by atomic mass is 16.6. The molecule has 0 aliphatic carbocycles. The Morgan fingerprint density at radius 2 is 1.79 bits per heavy atom. The standard InChI is InChI=1S/C8H14O6/c1-4(10)7(12)8(13)6(3-9)14-5(2)11/h3-4,6-8,10,12-13H,1-2H3/t4-,6-,7+,8-/m1/s1. The van der Waals surface area contributed by atoms with Crippen molar-refractivity contribution in [3.05, 3.63) is 0 Å². The van der Waals surface area contributed by atoms with Crippen LogP contribution in [0.1, 0.15) is 13.8 Å². The van der Waals surface area contributed by atoms with Crippen molar-refractivity contribution in [1.82, 2.24) is 0 Å². The molecule has 6 nitrogen and oxygen atoms in total. The van der Waals surface area contributed by atoms with Gasteiger partial charge in [0.05, 0.1) is 6.10 Å². The molecular formula is C8H14O6.